The van der Waals surface area contributed by atoms with E-state index in [9.17, 15) is 0 Å². The van der Waals surface area contributed by atoms with Gasteiger partial charge in [0.05, 0.1) is 12.7 Å². The van der Waals surface area contributed by atoms with E-state index in [1.807, 2.05) is 0 Å². The van der Waals surface area contributed by atoms with Gasteiger partial charge in [0, 0.05) is 12.6 Å². The van der Waals surface area contributed by atoms with E-state index in [0.717, 1.165) is 25.7 Å². The van der Waals surface area contributed by atoms with Crippen LogP contribution in [0.3, 0.4) is 0 Å². The summed E-state index contributed by atoms with van der Waals surface area (Å²) < 4.78 is 5.80. The first-order valence-electron chi connectivity index (χ1n) is 6.47. The summed E-state index contributed by atoms with van der Waals surface area (Å²) >= 11 is 0. The first kappa shape index (κ1) is 11.4. The van der Waals surface area contributed by atoms with Crippen LogP contribution in [0.25, 0.3) is 0 Å². The molecule has 15 heavy (non-hydrogen) atoms. The Bertz CT molecular complexity index is 186. The predicted molar refractivity (Wildman–Crippen MR) is 61.9 cm³/mol. The van der Waals surface area contributed by atoms with Crippen molar-refractivity contribution < 1.29 is 4.74 Å². The highest BCUT2D eigenvalue weighted by atomic mass is 16.5. The van der Waals surface area contributed by atoms with E-state index in [-0.39, 0.29) is 0 Å². The molecule has 0 aromatic heterocycles. The standard InChI is InChI=1S/C12H24N2O/c13-7-2-1-3-8-14-9-10-15-12-6-4-5-11(12)14/h11-12H,1-10,13H2. The van der Waals surface area contributed by atoms with Gasteiger partial charge in [0.1, 0.15) is 0 Å². The molecule has 1 saturated heterocycles. The summed E-state index contributed by atoms with van der Waals surface area (Å²) in [5, 5.41) is 0. The first-order valence-corrected chi connectivity index (χ1v) is 6.47. The smallest absolute Gasteiger partial charge is 0.0730 e. The maximum Gasteiger partial charge on any atom is 0.0730 e. The quantitative estimate of drug-likeness (QED) is 0.700. The van der Waals surface area contributed by atoms with E-state index >= 15 is 0 Å². The van der Waals surface area contributed by atoms with E-state index in [1.165, 1.54) is 45.1 Å². The van der Waals surface area contributed by atoms with Gasteiger partial charge in [0.15, 0.2) is 0 Å². The van der Waals surface area contributed by atoms with Gasteiger partial charge in [0.25, 0.3) is 0 Å². The summed E-state index contributed by atoms with van der Waals surface area (Å²) in [6, 6.07) is 0.733. The van der Waals surface area contributed by atoms with E-state index < -0.39 is 0 Å². The third-order valence-electron chi connectivity index (χ3n) is 3.75. The number of nitrogens with zero attached hydrogens (tertiary/aromatic N) is 1. The second-order valence-corrected chi connectivity index (χ2v) is 4.79. The number of hydrogen-bond donors (Lipinski definition) is 1. The van der Waals surface area contributed by atoms with Gasteiger partial charge < -0.3 is 10.5 Å². The molecule has 3 heteroatoms. The van der Waals surface area contributed by atoms with E-state index in [1.54, 1.807) is 0 Å². The molecule has 0 bridgehead atoms. The molecule has 3 nitrogen and oxygen atoms in total. The lowest BCUT2D eigenvalue weighted by Crippen LogP contribution is -2.48. The SMILES string of the molecule is NCCCCCN1CCOC2CCCC21. The Morgan fingerprint density at radius 2 is 2.13 bits per heavy atom. The topological polar surface area (TPSA) is 38.5 Å². The van der Waals surface area contributed by atoms with Crippen LogP contribution in [-0.4, -0.2) is 43.3 Å². The van der Waals surface area contributed by atoms with Crippen LogP contribution in [0, 0.1) is 0 Å². The van der Waals surface area contributed by atoms with Gasteiger partial charge in [-0.2, -0.15) is 0 Å². The molecule has 1 aliphatic heterocycles. The molecular weight excluding hydrogens is 188 g/mol. The third kappa shape index (κ3) is 2.92. The number of morpholine rings is 1. The minimum atomic E-state index is 0.549. The van der Waals surface area contributed by atoms with Crippen molar-refractivity contribution in [2.24, 2.45) is 5.73 Å². The van der Waals surface area contributed by atoms with E-state index in [0.29, 0.717) is 6.10 Å². The molecule has 1 heterocycles. The third-order valence-corrected chi connectivity index (χ3v) is 3.75. The lowest BCUT2D eigenvalue weighted by molar-refractivity contribution is -0.0558. The van der Waals surface area contributed by atoms with E-state index in [4.69, 9.17) is 10.5 Å². The van der Waals surface area contributed by atoms with Crippen LogP contribution in [0.15, 0.2) is 0 Å². The molecule has 2 N–H and O–H groups in total. The molecule has 88 valence electrons. The van der Waals surface area contributed by atoms with Gasteiger partial charge >= 0.3 is 0 Å². The van der Waals surface area contributed by atoms with Crippen LogP contribution in [0.5, 0.6) is 0 Å². The van der Waals surface area contributed by atoms with Gasteiger partial charge in [-0.1, -0.05) is 6.42 Å². The Hall–Kier alpha value is -0.120. The van der Waals surface area contributed by atoms with Crippen molar-refractivity contribution in [2.75, 3.05) is 26.2 Å². The molecule has 1 saturated carbocycles. The fraction of sp³-hybridized carbons (Fsp3) is 1.00. The summed E-state index contributed by atoms with van der Waals surface area (Å²) in [6.45, 7) is 4.18. The second-order valence-electron chi connectivity index (χ2n) is 4.79. The Morgan fingerprint density at radius 3 is 3.00 bits per heavy atom. The molecule has 0 amide bonds. The monoisotopic (exact) mass is 212 g/mol. The normalized spacial score (nSPS) is 31.8. The van der Waals surface area contributed by atoms with Gasteiger partial charge in [-0.25, -0.2) is 0 Å². The largest absolute Gasteiger partial charge is 0.375 e. The minimum Gasteiger partial charge on any atom is -0.375 e. The molecule has 2 atom stereocenters. The number of ether oxygens (including phenoxy) is 1. The first-order chi connectivity index (χ1) is 7.42. The van der Waals surface area contributed by atoms with E-state index in [2.05, 4.69) is 4.90 Å². The molecular formula is C12H24N2O. The molecule has 0 aromatic rings. The summed E-state index contributed by atoms with van der Waals surface area (Å²) in [6.07, 6.45) is 8.30. The molecule has 2 unspecified atom stereocenters. The molecule has 2 rings (SSSR count). The molecule has 2 aliphatic rings. The second kappa shape index (κ2) is 5.83. The van der Waals surface area contributed by atoms with Gasteiger partial charge in [0.2, 0.25) is 0 Å². The van der Waals surface area contributed by atoms with Crippen LogP contribution >= 0.6 is 0 Å². The lowest BCUT2D eigenvalue weighted by atomic mass is 10.1. The molecule has 2 fully saturated rings. The average molecular weight is 212 g/mol. The summed E-state index contributed by atoms with van der Waals surface area (Å²) in [5.41, 5.74) is 5.50. The molecule has 0 radical (unpaired) electrons. The van der Waals surface area contributed by atoms with Crippen molar-refractivity contribution in [3.63, 3.8) is 0 Å². The Balaban J connectivity index is 1.71. The highest BCUT2D eigenvalue weighted by Gasteiger charge is 2.35. The number of rotatable bonds is 5. The summed E-state index contributed by atoms with van der Waals surface area (Å²) in [4.78, 5) is 2.65. The van der Waals surface area contributed by atoms with Gasteiger partial charge in [-0.15, -0.1) is 0 Å². The van der Waals surface area contributed by atoms with Gasteiger partial charge in [-0.3, -0.25) is 4.90 Å². The van der Waals surface area contributed by atoms with Gasteiger partial charge in [-0.05, 0) is 45.2 Å². The number of nitrogens with two attached hydrogens (primary N) is 1. The predicted octanol–water partition coefficient (Wildman–Crippen LogP) is 1.37. The van der Waals surface area contributed by atoms with Crippen molar-refractivity contribution in [2.45, 2.75) is 50.7 Å². The van der Waals surface area contributed by atoms with Crippen LogP contribution in [0.4, 0.5) is 0 Å². The van der Waals surface area contributed by atoms with Crippen molar-refractivity contribution in [3.8, 4) is 0 Å². The zero-order valence-corrected chi connectivity index (χ0v) is 9.66. The zero-order chi connectivity index (χ0) is 10.5. The lowest BCUT2D eigenvalue weighted by Gasteiger charge is -2.37. The minimum absolute atomic E-state index is 0.549. The van der Waals surface area contributed by atoms with Crippen molar-refractivity contribution in [1.82, 2.24) is 4.90 Å². The highest BCUT2D eigenvalue weighted by Crippen LogP contribution is 2.29. The Kier molecular flexibility index (Phi) is 4.42. The zero-order valence-electron chi connectivity index (χ0n) is 9.66. The fourth-order valence-electron chi connectivity index (χ4n) is 2.92. The highest BCUT2D eigenvalue weighted by molar-refractivity contribution is 4.89. The molecule has 1 aliphatic carbocycles. The van der Waals surface area contributed by atoms with Crippen LogP contribution in [-0.2, 0) is 4.74 Å². The van der Waals surface area contributed by atoms with Crippen molar-refractivity contribution in [1.29, 1.82) is 0 Å². The van der Waals surface area contributed by atoms with Crippen LogP contribution in [0.2, 0.25) is 0 Å². The number of unbranched alkanes of at least 4 members (excludes halogenated alkanes) is 2. The maximum absolute atomic E-state index is 5.80. The average Bonchev–Trinajstić information content (AvgIpc) is 2.73. The van der Waals surface area contributed by atoms with Crippen LogP contribution < -0.4 is 5.73 Å². The number of fused-ring (bicyclic) bond motifs is 1. The van der Waals surface area contributed by atoms with Crippen molar-refractivity contribution >= 4 is 0 Å². The summed E-state index contributed by atoms with van der Waals surface area (Å²) in [5.74, 6) is 0. The fourth-order valence-corrected chi connectivity index (χ4v) is 2.92. The Labute approximate surface area is 93.0 Å². The molecule has 0 aromatic carbocycles. The van der Waals surface area contributed by atoms with Crippen molar-refractivity contribution in [3.05, 3.63) is 0 Å². The van der Waals surface area contributed by atoms with Crippen LogP contribution in [0.1, 0.15) is 38.5 Å². The number of hydrogen-bond acceptors (Lipinski definition) is 3. The summed E-state index contributed by atoms with van der Waals surface area (Å²) in [7, 11) is 0. The maximum atomic E-state index is 5.80. The Morgan fingerprint density at radius 1 is 1.20 bits per heavy atom. The molecule has 0 spiro atoms.